The predicted octanol–water partition coefficient (Wildman–Crippen LogP) is 2.91. The fraction of sp³-hybridized carbons (Fsp3) is 0.476. The number of nitrogens with one attached hydrogen (secondary N) is 1. The standard InChI is InChI=1S/C21H25N3O/c1-21(2)11-24(12-21)20(25)14-7-16-15-5-4-6-17-19(15)13(9-22-17)8-18(16)23(3)10-14/h4-7,9,14,18,22H,8,10-12H2,1-3H3. The lowest BCUT2D eigenvalue weighted by Crippen LogP contribution is -2.58. The normalized spacial score (nSPS) is 27.6. The molecule has 3 aliphatic rings. The Hall–Kier alpha value is -2.07. The molecule has 1 aromatic heterocycles. The fourth-order valence-electron chi connectivity index (χ4n) is 4.98. The molecule has 3 heterocycles. The molecule has 4 nitrogen and oxygen atoms in total. The van der Waals surface area contributed by atoms with Crippen molar-refractivity contribution in [2.45, 2.75) is 26.3 Å². The fourth-order valence-corrected chi connectivity index (χ4v) is 4.98. The molecule has 2 unspecified atom stereocenters. The number of hydrogen-bond acceptors (Lipinski definition) is 2. The first-order valence-corrected chi connectivity index (χ1v) is 9.23. The molecule has 1 fully saturated rings. The molecule has 2 aliphatic heterocycles. The average molecular weight is 335 g/mol. The van der Waals surface area contributed by atoms with Crippen molar-refractivity contribution in [2.75, 3.05) is 26.7 Å². The van der Waals surface area contributed by atoms with E-state index in [1.54, 1.807) is 0 Å². The van der Waals surface area contributed by atoms with Crippen LogP contribution in [0.4, 0.5) is 0 Å². The quantitative estimate of drug-likeness (QED) is 0.870. The number of nitrogens with zero attached hydrogens (tertiary/aromatic N) is 2. The van der Waals surface area contributed by atoms with Crippen molar-refractivity contribution in [3.8, 4) is 0 Å². The molecule has 5 rings (SSSR count). The first-order chi connectivity index (χ1) is 11.9. The molecule has 1 aromatic carbocycles. The summed E-state index contributed by atoms with van der Waals surface area (Å²) >= 11 is 0. The molecule has 1 amide bonds. The lowest BCUT2D eigenvalue weighted by molar-refractivity contribution is -0.145. The van der Waals surface area contributed by atoms with Gasteiger partial charge in [-0.2, -0.15) is 0 Å². The zero-order valence-corrected chi connectivity index (χ0v) is 15.2. The van der Waals surface area contributed by atoms with E-state index in [4.69, 9.17) is 0 Å². The Bertz CT molecular complexity index is 899. The van der Waals surface area contributed by atoms with Gasteiger partial charge in [-0.15, -0.1) is 0 Å². The molecular weight excluding hydrogens is 310 g/mol. The summed E-state index contributed by atoms with van der Waals surface area (Å²) in [6.07, 6.45) is 5.44. The van der Waals surface area contributed by atoms with E-state index in [1.165, 1.54) is 27.6 Å². The molecule has 2 atom stereocenters. The Kier molecular flexibility index (Phi) is 3.03. The number of likely N-dealkylation sites (N-methyl/N-ethyl adjacent to an activating group) is 1. The molecule has 25 heavy (non-hydrogen) atoms. The molecule has 1 N–H and O–H groups in total. The lowest BCUT2D eigenvalue weighted by Gasteiger charge is -2.48. The number of hydrogen-bond donors (Lipinski definition) is 1. The van der Waals surface area contributed by atoms with Crippen LogP contribution in [0.5, 0.6) is 0 Å². The van der Waals surface area contributed by atoms with Crippen molar-refractivity contribution in [1.82, 2.24) is 14.8 Å². The Morgan fingerprint density at radius 1 is 1.28 bits per heavy atom. The minimum absolute atomic E-state index is 0.0249. The van der Waals surface area contributed by atoms with Crippen LogP contribution in [0.2, 0.25) is 0 Å². The third-order valence-corrected chi connectivity index (χ3v) is 6.13. The highest BCUT2D eigenvalue weighted by Crippen LogP contribution is 2.41. The zero-order valence-electron chi connectivity index (χ0n) is 15.2. The van der Waals surface area contributed by atoms with Crippen LogP contribution >= 0.6 is 0 Å². The Morgan fingerprint density at radius 3 is 2.84 bits per heavy atom. The second kappa shape index (κ2) is 4.98. The third-order valence-electron chi connectivity index (χ3n) is 6.13. The predicted molar refractivity (Wildman–Crippen MR) is 100 cm³/mol. The van der Waals surface area contributed by atoms with Gasteiger partial charge in [0, 0.05) is 42.8 Å². The highest BCUT2D eigenvalue weighted by molar-refractivity contribution is 5.99. The number of aromatic amines is 1. The minimum atomic E-state index is -0.0249. The second-order valence-electron chi connectivity index (χ2n) is 8.79. The summed E-state index contributed by atoms with van der Waals surface area (Å²) in [6.45, 7) is 7.05. The van der Waals surface area contributed by atoms with E-state index in [0.29, 0.717) is 11.9 Å². The topological polar surface area (TPSA) is 39.3 Å². The number of amides is 1. The van der Waals surface area contributed by atoms with Gasteiger partial charge < -0.3 is 9.88 Å². The highest BCUT2D eigenvalue weighted by atomic mass is 16.2. The molecule has 0 saturated carbocycles. The molecule has 2 aromatic rings. The summed E-state index contributed by atoms with van der Waals surface area (Å²) in [7, 11) is 2.16. The van der Waals surface area contributed by atoms with Gasteiger partial charge in [0.05, 0.1) is 5.92 Å². The van der Waals surface area contributed by atoms with Crippen LogP contribution in [0.15, 0.2) is 30.5 Å². The van der Waals surface area contributed by atoms with Gasteiger partial charge in [-0.1, -0.05) is 32.1 Å². The summed E-state index contributed by atoms with van der Waals surface area (Å²) in [5.41, 5.74) is 5.52. The minimum Gasteiger partial charge on any atom is -0.361 e. The van der Waals surface area contributed by atoms with Crippen molar-refractivity contribution in [2.24, 2.45) is 11.3 Å². The van der Waals surface area contributed by atoms with Gasteiger partial charge in [0.25, 0.3) is 0 Å². The van der Waals surface area contributed by atoms with Crippen molar-refractivity contribution >= 4 is 22.4 Å². The van der Waals surface area contributed by atoms with Crippen LogP contribution in [0, 0.1) is 11.3 Å². The SMILES string of the molecule is CN1CC(C(=O)N2CC(C)(C)C2)C=C2c3cccc4[nH]cc(c34)CC21. The van der Waals surface area contributed by atoms with Gasteiger partial charge in [-0.3, -0.25) is 9.69 Å². The van der Waals surface area contributed by atoms with Gasteiger partial charge in [-0.25, -0.2) is 0 Å². The second-order valence-corrected chi connectivity index (χ2v) is 8.79. The zero-order chi connectivity index (χ0) is 17.3. The molecule has 0 bridgehead atoms. The van der Waals surface area contributed by atoms with E-state index in [9.17, 15) is 4.79 Å². The van der Waals surface area contributed by atoms with Gasteiger partial charge >= 0.3 is 0 Å². The molecule has 130 valence electrons. The molecular formula is C21H25N3O. The van der Waals surface area contributed by atoms with Gasteiger partial charge in [0.2, 0.25) is 5.91 Å². The number of benzene rings is 1. The van der Waals surface area contributed by atoms with E-state index < -0.39 is 0 Å². The smallest absolute Gasteiger partial charge is 0.230 e. The molecule has 4 heteroatoms. The van der Waals surface area contributed by atoms with Crippen molar-refractivity contribution < 1.29 is 4.79 Å². The number of rotatable bonds is 1. The maximum absolute atomic E-state index is 13.0. The van der Waals surface area contributed by atoms with Crippen LogP contribution in [0.3, 0.4) is 0 Å². The molecule has 0 spiro atoms. The lowest BCUT2D eigenvalue weighted by atomic mass is 9.78. The van der Waals surface area contributed by atoms with E-state index in [0.717, 1.165) is 26.1 Å². The van der Waals surface area contributed by atoms with Crippen LogP contribution in [0.1, 0.15) is 25.0 Å². The van der Waals surface area contributed by atoms with E-state index in [-0.39, 0.29) is 11.3 Å². The van der Waals surface area contributed by atoms with Crippen LogP contribution in [-0.2, 0) is 11.2 Å². The Balaban J connectivity index is 1.54. The summed E-state index contributed by atoms with van der Waals surface area (Å²) in [6, 6.07) is 6.85. The van der Waals surface area contributed by atoms with Gasteiger partial charge in [0.15, 0.2) is 0 Å². The van der Waals surface area contributed by atoms with Crippen LogP contribution < -0.4 is 0 Å². The summed E-state index contributed by atoms with van der Waals surface area (Å²) in [4.78, 5) is 20.8. The molecule has 0 radical (unpaired) electrons. The van der Waals surface area contributed by atoms with E-state index >= 15 is 0 Å². The Labute approximate surface area is 148 Å². The third kappa shape index (κ3) is 2.20. The number of aromatic nitrogens is 1. The molecule has 1 saturated heterocycles. The van der Waals surface area contributed by atoms with Crippen molar-refractivity contribution in [3.63, 3.8) is 0 Å². The van der Waals surface area contributed by atoms with E-state index in [2.05, 4.69) is 61.3 Å². The first kappa shape index (κ1) is 15.2. The summed E-state index contributed by atoms with van der Waals surface area (Å²) in [5.74, 6) is 0.271. The number of H-pyrrole nitrogens is 1. The number of carbonyl (C=O) groups is 1. The van der Waals surface area contributed by atoms with Gasteiger partial charge in [0.1, 0.15) is 0 Å². The number of fused-ring (bicyclic) bond motifs is 2. The largest absolute Gasteiger partial charge is 0.361 e. The number of carbonyl (C=O) groups excluding carboxylic acids is 1. The maximum atomic E-state index is 13.0. The van der Waals surface area contributed by atoms with Crippen LogP contribution in [0.25, 0.3) is 16.5 Å². The van der Waals surface area contributed by atoms with Crippen molar-refractivity contribution in [1.29, 1.82) is 0 Å². The highest BCUT2D eigenvalue weighted by Gasteiger charge is 2.42. The van der Waals surface area contributed by atoms with Crippen molar-refractivity contribution in [3.05, 3.63) is 41.6 Å². The summed E-state index contributed by atoms with van der Waals surface area (Å²) in [5, 5.41) is 1.34. The van der Waals surface area contributed by atoms with Crippen LogP contribution in [-0.4, -0.2) is 53.4 Å². The number of likely N-dealkylation sites (tertiary alicyclic amines) is 1. The summed E-state index contributed by atoms with van der Waals surface area (Å²) < 4.78 is 0. The Morgan fingerprint density at radius 2 is 2.08 bits per heavy atom. The van der Waals surface area contributed by atoms with E-state index in [1.807, 2.05) is 4.90 Å². The monoisotopic (exact) mass is 335 g/mol. The first-order valence-electron chi connectivity index (χ1n) is 9.23. The molecule has 1 aliphatic carbocycles. The maximum Gasteiger partial charge on any atom is 0.230 e. The van der Waals surface area contributed by atoms with Gasteiger partial charge in [-0.05, 0) is 41.6 Å². The average Bonchev–Trinajstić information content (AvgIpc) is 2.97.